The van der Waals surface area contributed by atoms with E-state index in [1.54, 1.807) is 0 Å². The number of hydrogen-bond acceptors (Lipinski definition) is 4. The maximum Gasteiger partial charge on any atom is 0.316 e. The van der Waals surface area contributed by atoms with Crippen LogP contribution in [0.4, 0.5) is 0 Å². The fraction of sp³-hybridized carbons (Fsp3) is 0.636. The molecule has 5 heteroatoms. The van der Waals surface area contributed by atoms with Crippen molar-refractivity contribution in [3.63, 3.8) is 0 Å². The van der Waals surface area contributed by atoms with Crippen molar-refractivity contribution in [2.45, 2.75) is 73.6 Å². The Morgan fingerprint density at radius 1 is 1.00 bits per heavy atom. The lowest BCUT2D eigenvalue weighted by molar-refractivity contribution is -0.147. The molecule has 0 N–H and O–H groups in total. The van der Waals surface area contributed by atoms with Crippen LogP contribution in [-0.2, 0) is 14.1 Å². The first kappa shape index (κ1) is 25.6. The van der Waals surface area contributed by atoms with E-state index in [2.05, 4.69) is 6.92 Å². The first-order chi connectivity index (χ1) is 12.8. The monoisotopic (exact) mass is 396 g/mol. The average Bonchev–Trinajstić information content (AvgIpc) is 2.59. The van der Waals surface area contributed by atoms with E-state index in [0.29, 0.717) is 27.7 Å². The maximum atomic E-state index is 13.1. The highest BCUT2D eigenvalue weighted by Crippen LogP contribution is 2.25. The van der Waals surface area contributed by atoms with Gasteiger partial charge in [-0.05, 0) is 50.7 Å². The van der Waals surface area contributed by atoms with E-state index in [1.165, 1.54) is 0 Å². The first-order valence-electron chi connectivity index (χ1n) is 9.85. The molecule has 0 bridgehead atoms. The Labute approximate surface area is 166 Å². The van der Waals surface area contributed by atoms with Gasteiger partial charge in [0.15, 0.2) is 5.78 Å². The van der Waals surface area contributed by atoms with Gasteiger partial charge in [-0.2, -0.15) is 0 Å². The van der Waals surface area contributed by atoms with Crippen LogP contribution in [0, 0.1) is 32.6 Å². The van der Waals surface area contributed by atoms with Crippen molar-refractivity contribution in [3.8, 4) is 0 Å². The Morgan fingerprint density at radius 2 is 1.56 bits per heavy atom. The minimum Gasteiger partial charge on any atom is -0.465 e. The second kappa shape index (κ2) is 13.7. The number of unbranched alkanes of at least 4 members (excludes halogenated alkanes) is 3. The predicted molar refractivity (Wildman–Crippen MR) is 115 cm³/mol. The number of carbonyl (C=O) groups is 2. The fourth-order valence-electron chi connectivity index (χ4n) is 3.33. The number of ether oxygens (including phenoxy) is 1. The number of ketones is 1. The molecule has 1 rings (SSSR count). The van der Waals surface area contributed by atoms with Crippen molar-refractivity contribution < 1.29 is 18.9 Å². The SMILES string of the molecule is CCCCCCOC(=O)C(CC(C)C)C(=O)c1c(C)cc(C)cc1C.O=[PH3]. The summed E-state index contributed by atoms with van der Waals surface area (Å²) in [6, 6.07) is 4.01. The van der Waals surface area contributed by atoms with Crippen molar-refractivity contribution in [2.75, 3.05) is 6.61 Å². The highest BCUT2D eigenvalue weighted by molar-refractivity contribution is 7.00. The summed E-state index contributed by atoms with van der Waals surface area (Å²) in [5.74, 6) is -0.907. The van der Waals surface area contributed by atoms with Crippen LogP contribution in [0.1, 0.15) is 79.9 Å². The van der Waals surface area contributed by atoms with Crippen molar-refractivity contribution in [1.82, 2.24) is 0 Å². The number of hydrogen-bond donors (Lipinski definition) is 0. The largest absolute Gasteiger partial charge is 0.465 e. The molecule has 0 aliphatic carbocycles. The van der Waals surface area contributed by atoms with Crippen LogP contribution in [-0.4, -0.2) is 18.4 Å². The standard InChI is InChI=1S/C22H34O3.H3OP/c1-7-8-9-10-11-25-22(24)19(12-15(2)3)21(23)20-17(5)13-16(4)14-18(20)6;1-2/h13-15,19H,7-12H2,1-6H3;2H3. The lowest BCUT2D eigenvalue weighted by Crippen LogP contribution is -2.29. The Kier molecular flexibility index (Phi) is 13.0. The average molecular weight is 397 g/mol. The molecule has 0 aromatic heterocycles. The fourth-order valence-corrected chi connectivity index (χ4v) is 3.33. The van der Waals surface area contributed by atoms with Crippen molar-refractivity contribution >= 4 is 20.9 Å². The van der Waals surface area contributed by atoms with Gasteiger partial charge in [-0.15, -0.1) is 0 Å². The van der Waals surface area contributed by atoms with E-state index in [0.717, 1.165) is 42.4 Å². The molecule has 27 heavy (non-hydrogen) atoms. The zero-order valence-electron chi connectivity index (χ0n) is 17.9. The van der Waals surface area contributed by atoms with Gasteiger partial charge >= 0.3 is 5.97 Å². The second-order valence-corrected chi connectivity index (χ2v) is 7.55. The summed E-state index contributed by atoms with van der Waals surface area (Å²) in [5, 5.41) is 0. The molecule has 0 saturated carbocycles. The molecule has 0 fully saturated rings. The summed E-state index contributed by atoms with van der Waals surface area (Å²) in [4.78, 5) is 25.7. The maximum absolute atomic E-state index is 13.1. The summed E-state index contributed by atoms with van der Waals surface area (Å²) in [6.07, 6.45) is 4.74. The van der Waals surface area contributed by atoms with Gasteiger partial charge in [0.1, 0.15) is 5.92 Å². The molecule has 0 aliphatic rings. The molecule has 4 nitrogen and oxygen atoms in total. The Morgan fingerprint density at radius 3 is 2.04 bits per heavy atom. The molecular formula is C22H37O4P. The smallest absolute Gasteiger partial charge is 0.316 e. The molecule has 0 radical (unpaired) electrons. The molecule has 0 spiro atoms. The van der Waals surface area contributed by atoms with Gasteiger partial charge in [-0.25, -0.2) is 0 Å². The quantitative estimate of drug-likeness (QED) is 0.172. The Hall–Kier alpha value is -1.41. The summed E-state index contributed by atoms with van der Waals surface area (Å²) >= 11 is 0. The first-order valence-corrected chi connectivity index (χ1v) is 10.4. The third-order valence-electron chi connectivity index (χ3n) is 4.47. The lowest BCUT2D eigenvalue weighted by atomic mass is 9.85. The number of carbonyl (C=O) groups excluding carboxylic acids is 2. The molecule has 0 amide bonds. The van der Waals surface area contributed by atoms with Crippen LogP contribution in [0.25, 0.3) is 0 Å². The topological polar surface area (TPSA) is 60.4 Å². The highest BCUT2D eigenvalue weighted by atomic mass is 31.0. The van der Waals surface area contributed by atoms with Crippen molar-refractivity contribution in [2.24, 2.45) is 11.8 Å². The number of aryl methyl sites for hydroxylation is 3. The van der Waals surface area contributed by atoms with Crippen LogP contribution in [0.2, 0.25) is 0 Å². The van der Waals surface area contributed by atoms with Crippen LogP contribution in [0.3, 0.4) is 0 Å². The highest BCUT2D eigenvalue weighted by Gasteiger charge is 2.31. The van der Waals surface area contributed by atoms with E-state index >= 15 is 0 Å². The predicted octanol–water partition coefficient (Wildman–Crippen LogP) is 5.52. The van der Waals surface area contributed by atoms with Gasteiger partial charge in [0.25, 0.3) is 0 Å². The zero-order chi connectivity index (χ0) is 21.0. The lowest BCUT2D eigenvalue weighted by Gasteiger charge is -2.19. The van der Waals surface area contributed by atoms with Crippen molar-refractivity contribution in [3.05, 3.63) is 34.4 Å². The molecule has 2 unspecified atom stereocenters. The minimum atomic E-state index is -0.703. The van der Waals surface area contributed by atoms with E-state index in [9.17, 15) is 9.59 Å². The number of esters is 1. The number of benzene rings is 1. The van der Waals surface area contributed by atoms with Gasteiger partial charge in [-0.1, -0.05) is 57.7 Å². The van der Waals surface area contributed by atoms with Crippen LogP contribution < -0.4 is 0 Å². The van der Waals surface area contributed by atoms with E-state index in [1.807, 2.05) is 46.8 Å². The number of rotatable bonds is 10. The van der Waals surface area contributed by atoms with Crippen molar-refractivity contribution in [1.29, 1.82) is 0 Å². The van der Waals surface area contributed by atoms with E-state index in [4.69, 9.17) is 9.30 Å². The molecule has 1 aromatic rings. The second-order valence-electron chi connectivity index (χ2n) is 7.55. The summed E-state index contributed by atoms with van der Waals surface area (Å²) in [6.45, 7) is 12.5. The normalized spacial score (nSPS) is 11.7. The molecule has 0 saturated heterocycles. The van der Waals surface area contributed by atoms with Crippen LogP contribution in [0.15, 0.2) is 12.1 Å². The molecule has 0 heterocycles. The van der Waals surface area contributed by atoms with Crippen LogP contribution >= 0.6 is 9.12 Å². The van der Waals surface area contributed by atoms with Gasteiger partial charge in [0.2, 0.25) is 0 Å². The minimum absolute atomic E-state index is 0.0951. The summed E-state index contributed by atoms with van der Waals surface area (Å²) in [5.41, 5.74) is 3.68. The molecule has 154 valence electrons. The molecule has 0 aliphatic heterocycles. The Balaban J connectivity index is 0.00000326. The van der Waals surface area contributed by atoms with Gasteiger partial charge < -0.3 is 9.30 Å². The van der Waals surface area contributed by atoms with Gasteiger partial charge in [0.05, 0.1) is 15.7 Å². The Bertz CT molecular complexity index is 587. The van der Waals surface area contributed by atoms with Gasteiger partial charge in [-0.3, -0.25) is 9.59 Å². The molecular weight excluding hydrogens is 359 g/mol. The summed E-state index contributed by atoms with van der Waals surface area (Å²) in [7, 11) is 0.611. The van der Waals surface area contributed by atoms with E-state index in [-0.39, 0.29) is 17.7 Å². The summed E-state index contributed by atoms with van der Waals surface area (Å²) < 4.78 is 13.7. The number of Topliss-reactive ketones (excluding diaryl/α,β-unsaturated/α-hetero) is 1. The van der Waals surface area contributed by atoms with E-state index < -0.39 is 5.92 Å². The van der Waals surface area contributed by atoms with Gasteiger partial charge in [0, 0.05) is 5.56 Å². The third kappa shape index (κ3) is 8.88. The molecule has 2 atom stereocenters. The molecule has 1 aromatic carbocycles. The van der Waals surface area contributed by atoms with Crippen LogP contribution in [0.5, 0.6) is 0 Å². The third-order valence-corrected chi connectivity index (χ3v) is 4.47. The zero-order valence-corrected chi connectivity index (χ0v) is 19.3.